The lowest BCUT2D eigenvalue weighted by atomic mass is 9.86. The maximum absolute atomic E-state index is 13.2. The molecule has 4 aromatic rings. The standard InChI is InChI=1S/C41H50N4O6/c1-6-7-8-9-10-23-51-35-20-17-31(25-36(35)50-5)32-26-43-38(44-27-32)29-13-11-28(12-14-29)24-34(40(49)42-22-21-37(46)47)45-39(48)30-15-18-33(19-16-30)41(2,3)4/h11-20,25-27,34H,6-10,21-24H2,1-5H3,(H,42,49)(H,45,48)(H,46,47)/t34-/m0/s1. The average molecular weight is 695 g/mol. The smallest absolute Gasteiger partial charge is 0.305 e. The summed E-state index contributed by atoms with van der Waals surface area (Å²) in [5.41, 5.74) is 4.78. The molecular formula is C41H50N4O6. The van der Waals surface area contributed by atoms with Gasteiger partial charge in [0.2, 0.25) is 5.91 Å². The summed E-state index contributed by atoms with van der Waals surface area (Å²) in [6, 6.07) is 19.6. The molecule has 1 aromatic heterocycles. The van der Waals surface area contributed by atoms with E-state index in [1.54, 1.807) is 31.6 Å². The SMILES string of the molecule is CCCCCCCOc1ccc(-c2cnc(-c3ccc(C[C@H](NC(=O)c4ccc(C(C)(C)C)cc4)C(=O)NCCC(=O)O)cc3)nc2)cc1OC. The van der Waals surface area contributed by atoms with Gasteiger partial charge in [0.15, 0.2) is 17.3 Å². The summed E-state index contributed by atoms with van der Waals surface area (Å²) in [5.74, 6) is 0.0314. The zero-order valence-electron chi connectivity index (χ0n) is 30.3. The number of hydrogen-bond acceptors (Lipinski definition) is 7. The number of carbonyl (C=O) groups excluding carboxylic acids is 2. The van der Waals surface area contributed by atoms with E-state index < -0.39 is 23.8 Å². The van der Waals surface area contributed by atoms with Crippen molar-refractivity contribution in [2.24, 2.45) is 0 Å². The lowest BCUT2D eigenvalue weighted by molar-refractivity contribution is -0.137. The second-order valence-corrected chi connectivity index (χ2v) is 13.6. The van der Waals surface area contributed by atoms with E-state index in [4.69, 9.17) is 14.6 Å². The van der Waals surface area contributed by atoms with E-state index in [9.17, 15) is 14.4 Å². The van der Waals surface area contributed by atoms with Crippen molar-refractivity contribution in [1.82, 2.24) is 20.6 Å². The molecule has 3 aromatic carbocycles. The van der Waals surface area contributed by atoms with Crippen LogP contribution in [0, 0.1) is 0 Å². The van der Waals surface area contributed by atoms with Crippen molar-refractivity contribution in [3.63, 3.8) is 0 Å². The highest BCUT2D eigenvalue weighted by Gasteiger charge is 2.23. The normalized spacial score (nSPS) is 11.8. The van der Waals surface area contributed by atoms with Crippen LogP contribution in [0.5, 0.6) is 11.5 Å². The van der Waals surface area contributed by atoms with E-state index >= 15 is 0 Å². The first-order valence-corrected chi connectivity index (χ1v) is 17.6. The molecule has 0 saturated carbocycles. The first-order valence-electron chi connectivity index (χ1n) is 17.6. The van der Waals surface area contributed by atoms with Crippen molar-refractivity contribution < 1.29 is 29.0 Å². The van der Waals surface area contributed by atoms with Crippen molar-refractivity contribution in [2.45, 2.75) is 84.1 Å². The summed E-state index contributed by atoms with van der Waals surface area (Å²) in [4.78, 5) is 46.5. The fraction of sp³-hybridized carbons (Fsp3) is 0.390. The number of benzene rings is 3. The van der Waals surface area contributed by atoms with E-state index in [-0.39, 0.29) is 24.8 Å². The number of amides is 2. The summed E-state index contributed by atoms with van der Waals surface area (Å²) in [6.07, 6.45) is 9.35. The highest BCUT2D eigenvalue weighted by Crippen LogP contribution is 2.33. The molecule has 2 amide bonds. The van der Waals surface area contributed by atoms with Crippen molar-refractivity contribution in [3.8, 4) is 34.0 Å². The fourth-order valence-corrected chi connectivity index (χ4v) is 5.49. The first-order chi connectivity index (χ1) is 24.5. The Labute approximate surface area is 301 Å². The third-order valence-corrected chi connectivity index (χ3v) is 8.58. The molecule has 0 saturated heterocycles. The van der Waals surface area contributed by atoms with Crippen molar-refractivity contribution >= 4 is 17.8 Å². The number of carbonyl (C=O) groups is 3. The second-order valence-electron chi connectivity index (χ2n) is 13.6. The van der Waals surface area contributed by atoms with E-state index in [0.29, 0.717) is 29.5 Å². The van der Waals surface area contributed by atoms with Crippen LogP contribution >= 0.6 is 0 Å². The minimum atomic E-state index is -1.02. The largest absolute Gasteiger partial charge is 0.493 e. The van der Waals surface area contributed by atoms with Crippen molar-refractivity contribution in [2.75, 3.05) is 20.3 Å². The molecule has 4 rings (SSSR count). The van der Waals surface area contributed by atoms with Gasteiger partial charge in [-0.1, -0.05) is 95.8 Å². The van der Waals surface area contributed by atoms with Crippen LogP contribution in [-0.2, 0) is 21.4 Å². The van der Waals surface area contributed by atoms with Crippen molar-refractivity contribution in [3.05, 3.63) is 95.8 Å². The third kappa shape index (κ3) is 11.7. The van der Waals surface area contributed by atoms with Crippen LogP contribution < -0.4 is 20.1 Å². The molecular weight excluding hydrogens is 644 g/mol. The third-order valence-electron chi connectivity index (χ3n) is 8.58. The minimum absolute atomic E-state index is 0.0447. The van der Waals surface area contributed by atoms with Gasteiger partial charge >= 0.3 is 5.97 Å². The monoisotopic (exact) mass is 694 g/mol. The zero-order chi connectivity index (χ0) is 36.8. The molecule has 1 atom stereocenters. The first kappa shape index (κ1) is 38.6. The second kappa shape index (κ2) is 18.7. The molecule has 1 heterocycles. The molecule has 51 heavy (non-hydrogen) atoms. The maximum atomic E-state index is 13.2. The maximum Gasteiger partial charge on any atom is 0.305 e. The lowest BCUT2D eigenvalue weighted by Crippen LogP contribution is -2.48. The molecule has 3 N–H and O–H groups in total. The Hall–Kier alpha value is -5.25. The number of ether oxygens (including phenoxy) is 2. The van der Waals surface area contributed by atoms with Crippen LogP contribution in [-0.4, -0.2) is 59.2 Å². The van der Waals surface area contributed by atoms with Gasteiger partial charge in [0.1, 0.15) is 6.04 Å². The molecule has 0 aliphatic rings. The Kier molecular flexibility index (Phi) is 14.1. The molecule has 270 valence electrons. The number of nitrogens with one attached hydrogen (secondary N) is 2. The van der Waals surface area contributed by atoms with Gasteiger partial charge in [0, 0.05) is 42.0 Å². The predicted molar refractivity (Wildman–Crippen MR) is 199 cm³/mol. The van der Waals surface area contributed by atoms with Gasteiger partial charge in [0.05, 0.1) is 20.1 Å². The number of hydrogen-bond donors (Lipinski definition) is 3. The molecule has 0 bridgehead atoms. The number of carboxylic acids is 1. The Morgan fingerprint density at radius 1 is 0.824 bits per heavy atom. The van der Waals surface area contributed by atoms with E-state index in [1.807, 2.05) is 54.6 Å². The lowest BCUT2D eigenvalue weighted by Gasteiger charge is -2.20. The van der Waals surface area contributed by atoms with Gasteiger partial charge in [-0.3, -0.25) is 14.4 Å². The molecule has 10 nitrogen and oxygen atoms in total. The Balaban J connectivity index is 1.42. The molecule has 0 fully saturated rings. The van der Waals surface area contributed by atoms with Crippen LogP contribution in [0.2, 0.25) is 0 Å². The van der Waals surface area contributed by atoms with Gasteiger partial charge < -0.3 is 25.2 Å². The van der Waals surface area contributed by atoms with Crippen molar-refractivity contribution in [1.29, 1.82) is 0 Å². The number of carboxylic acid groups (broad SMARTS) is 1. The van der Waals surface area contributed by atoms with Crippen LogP contribution in [0.1, 0.15) is 87.7 Å². The topological polar surface area (TPSA) is 140 Å². The summed E-state index contributed by atoms with van der Waals surface area (Å²) in [5, 5.41) is 14.5. The molecule has 0 spiro atoms. The number of unbranched alkanes of at least 4 members (excludes halogenated alkanes) is 4. The average Bonchev–Trinajstić information content (AvgIpc) is 3.12. The number of methoxy groups -OCH3 is 1. The summed E-state index contributed by atoms with van der Waals surface area (Å²) in [7, 11) is 1.63. The number of nitrogens with zero attached hydrogens (tertiary/aromatic N) is 2. The van der Waals surface area contributed by atoms with Crippen LogP contribution in [0.3, 0.4) is 0 Å². The summed E-state index contributed by atoms with van der Waals surface area (Å²) in [6.45, 7) is 9.09. The summed E-state index contributed by atoms with van der Waals surface area (Å²) >= 11 is 0. The Bertz CT molecular complexity index is 1730. The molecule has 0 aliphatic heterocycles. The predicted octanol–water partition coefficient (Wildman–Crippen LogP) is 7.40. The number of aromatic nitrogens is 2. The molecule has 10 heteroatoms. The molecule has 0 unspecified atom stereocenters. The highest BCUT2D eigenvalue weighted by atomic mass is 16.5. The van der Waals surface area contributed by atoms with Crippen LogP contribution in [0.15, 0.2) is 79.1 Å². The zero-order valence-corrected chi connectivity index (χ0v) is 30.3. The highest BCUT2D eigenvalue weighted by molar-refractivity contribution is 5.97. The number of rotatable bonds is 18. The van der Waals surface area contributed by atoms with E-state index in [0.717, 1.165) is 40.7 Å². The van der Waals surface area contributed by atoms with Crippen LogP contribution in [0.4, 0.5) is 0 Å². The van der Waals surface area contributed by atoms with Gasteiger partial charge in [-0.05, 0) is 52.8 Å². The van der Waals surface area contributed by atoms with Gasteiger partial charge in [0.25, 0.3) is 5.91 Å². The van der Waals surface area contributed by atoms with E-state index in [2.05, 4.69) is 48.3 Å². The Morgan fingerprint density at radius 2 is 1.49 bits per heavy atom. The van der Waals surface area contributed by atoms with Gasteiger partial charge in [-0.2, -0.15) is 0 Å². The molecule has 0 radical (unpaired) electrons. The van der Waals surface area contributed by atoms with Crippen LogP contribution in [0.25, 0.3) is 22.5 Å². The molecule has 0 aliphatic carbocycles. The Morgan fingerprint density at radius 3 is 2.12 bits per heavy atom. The fourth-order valence-electron chi connectivity index (χ4n) is 5.49. The van der Waals surface area contributed by atoms with E-state index in [1.165, 1.54) is 19.3 Å². The van der Waals surface area contributed by atoms with Gasteiger partial charge in [-0.15, -0.1) is 0 Å². The quantitative estimate of drug-likeness (QED) is 0.0916. The van der Waals surface area contributed by atoms with Gasteiger partial charge in [-0.25, -0.2) is 9.97 Å². The minimum Gasteiger partial charge on any atom is -0.493 e. The summed E-state index contributed by atoms with van der Waals surface area (Å²) < 4.78 is 11.6. The number of aliphatic carboxylic acids is 1.